The zero-order valence-corrected chi connectivity index (χ0v) is 19.7. The lowest BCUT2D eigenvalue weighted by atomic mass is 10.0. The zero-order valence-electron chi connectivity index (χ0n) is 18.9. The highest BCUT2D eigenvalue weighted by Crippen LogP contribution is 2.26. The minimum Gasteiger partial charge on any atom is -0.350 e. The van der Waals surface area contributed by atoms with E-state index in [0.29, 0.717) is 21.8 Å². The van der Waals surface area contributed by atoms with Crippen molar-refractivity contribution >= 4 is 34.3 Å². The maximum absolute atomic E-state index is 13.4. The zero-order chi connectivity index (χ0) is 23.0. The van der Waals surface area contributed by atoms with Crippen molar-refractivity contribution in [3.8, 4) is 5.69 Å². The summed E-state index contributed by atoms with van der Waals surface area (Å²) >= 11 is 1.33. The molecule has 2 aromatic carbocycles. The number of hydrogen-bond donors (Lipinski definition) is 1. The molecule has 0 aliphatic carbocycles. The van der Waals surface area contributed by atoms with Gasteiger partial charge >= 0.3 is 0 Å². The first-order valence-corrected chi connectivity index (χ1v) is 11.5. The number of nitrogens with one attached hydrogen (secondary N) is 1. The van der Waals surface area contributed by atoms with Crippen LogP contribution in [-0.2, 0) is 4.79 Å². The molecule has 4 rings (SSSR count). The molecule has 1 atom stereocenters. The van der Waals surface area contributed by atoms with Gasteiger partial charge in [-0.25, -0.2) is 4.57 Å². The number of para-hydroxylation sites is 1. The summed E-state index contributed by atoms with van der Waals surface area (Å²) in [6.45, 7) is 9.90. The van der Waals surface area contributed by atoms with Crippen molar-refractivity contribution in [1.82, 2.24) is 24.5 Å². The van der Waals surface area contributed by atoms with Gasteiger partial charge in [0.2, 0.25) is 11.7 Å². The van der Waals surface area contributed by atoms with E-state index in [1.807, 2.05) is 81.5 Å². The third kappa shape index (κ3) is 4.02. The molecule has 32 heavy (non-hydrogen) atoms. The smallest absolute Gasteiger partial charge is 0.267 e. The standard InChI is InChI=1S/C24H27N5O2S/c1-6-24(4,5)25-20(30)16(3)32-23-27-26-22-28(17-13-11-15(2)12-14-17)21(31)18-9-7-8-10-19(18)29(22)23/h7-14,16H,6H2,1-5H3,(H,25,30). The summed E-state index contributed by atoms with van der Waals surface area (Å²) in [4.78, 5) is 26.1. The van der Waals surface area contributed by atoms with Gasteiger partial charge in [0.25, 0.3) is 5.56 Å². The van der Waals surface area contributed by atoms with Crippen LogP contribution in [0.5, 0.6) is 0 Å². The minimum absolute atomic E-state index is 0.0604. The van der Waals surface area contributed by atoms with Gasteiger partial charge in [-0.15, -0.1) is 10.2 Å². The van der Waals surface area contributed by atoms with Crippen LogP contribution in [0.4, 0.5) is 0 Å². The summed E-state index contributed by atoms with van der Waals surface area (Å²) in [6.07, 6.45) is 0.831. The highest BCUT2D eigenvalue weighted by Gasteiger charge is 2.25. The lowest BCUT2D eigenvalue weighted by Crippen LogP contribution is -2.46. The lowest BCUT2D eigenvalue weighted by Gasteiger charge is -2.26. The van der Waals surface area contributed by atoms with Crippen molar-refractivity contribution < 1.29 is 4.79 Å². The Morgan fingerprint density at radius 1 is 1.12 bits per heavy atom. The highest BCUT2D eigenvalue weighted by atomic mass is 32.2. The van der Waals surface area contributed by atoms with Gasteiger partial charge in [0.05, 0.1) is 21.8 Å². The Labute approximate surface area is 190 Å². The van der Waals surface area contributed by atoms with Crippen molar-refractivity contribution in [3.63, 3.8) is 0 Å². The van der Waals surface area contributed by atoms with Gasteiger partial charge in [-0.2, -0.15) is 0 Å². The Kier molecular flexibility index (Phi) is 5.81. The second-order valence-corrected chi connectivity index (χ2v) is 9.91. The van der Waals surface area contributed by atoms with Crippen LogP contribution in [0.25, 0.3) is 22.4 Å². The van der Waals surface area contributed by atoms with Crippen LogP contribution in [0.2, 0.25) is 0 Å². The third-order valence-electron chi connectivity index (χ3n) is 5.68. The summed E-state index contributed by atoms with van der Waals surface area (Å²) in [5.41, 5.74) is 2.10. The molecule has 7 nitrogen and oxygen atoms in total. The van der Waals surface area contributed by atoms with E-state index in [2.05, 4.69) is 15.5 Å². The Morgan fingerprint density at radius 2 is 1.81 bits per heavy atom. The van der Waals surface area contributed by atoms with E-state index in [1.165, 1.54) is 11.8 Å². The maximum Gasteiger partial charge on any atom is 0.267 e. The summed E-state index contributed by atoms with van der Waals surface area (Å²) in [5, 5.41) is 12.5. The highest BCUT2D eigenvalue weighted by molar-refractivity contribution is 8.00. The molecule has 166 valence electrons. The Hall–Kier alpha value is -3.13. The van der Waals surface area contributed by atoms with Gasteiger partial charge in [-0.1, -0.05) is 48.5 Å². The van der Waals surface area contributed by atoms with E-state index < -0.39 is 0 Å². The molecule has 0 saturated heterocycles. The average molecular weight is 450 g/mol. The number of aromatic nitrogens is 4. The third-order valence-corrected chi connectivity index (χ3v) is 6.73. The molecule has 0 aliphatic rings. The predicted molar refractivity (Wildman–Crippen MR) is 129 cm³/mol. The molecule has 0 spiro atoms. The molecule has 1 amide bonds. The minimum atomic E-state index is -0.383. The van der Waals surface area contributed by atoms with Gasteiger partial charge < -0.3 is 5.32 Å². The van der Waals surface area contributed by atoms with E-state index in [-0.39, 0.29) is 22.3 Å². The summed E-state index contributed by atoms with van der Waals surface area (Å²) in [5.74, 6) is 0.358. The first kappa shape index (κ1) is 22.1. The van der Waals surface area contributed by atoms with Crippen molar-refractivity contribution in [2.24, 2.45) is 0 Å². The number of benzene rings is 2. The molecule has 0 bridgehead atoms. The number of nitrogens with zero attached hydrogens (tertiary/aromatic N) is 4. The number of fused-ring (bicyclic) bond motifs is 3. The normalized spacial score (nSPS) is 12.9. The molecule has 0 saturated carbocycles. The summed E-state index contributed by atoms with van der Waals surface area (Å²) in [6, 6.07) is 15.1. The number of carbonyl (C=O) groups is 1. The summed E-state index contributed by atoms with van der Waals surface area (Å²) < 4.78 is 3.43. The largest absolute Gasteiger partial charge is 0.350 e. The maximum atomic E-state index is 13.4. The number of amides is 1. The molecule has 2 heterocycles. The van der Waals surface area contributed by atoms with E-state index in [9.17, 15) is 9.59 Å². The van der Waals surface area contributed by atoms with Gasteiger partial charge in [0, 0.05) is 5.54 Å². The first-order chi connectivity index (χ1) is 15.2. The van der Waals surface area contributed by atoms with Gasteiger partial charge in [-0.05, 0) is 58.4 Å². The molecule has 0 aliphatic heterocycles. The number of thioether (sulfide) groups is 1. The van der Waals surface area contributed by atoms with E-state index in [0.717, 1.165) is 17.7 Å². The first-order valence-electron chi connectivity index (χ1n) is 10.7. The van der Waals surface area contributed by atoms with Crippen molar-refractivity contribution in [1.29, 1.82) is 0 Å². The number of carbonyl (C=O) groups excluding carboxylic acids is 1. The fraction of sp³-hybridized carbons (Fsp3) is 0.333. The second kappa shape index (κ2) is 8.43. The number of rotatable bonds is 6. The molecule has 2 aromatic heterocycles. The average Bonchev–Trinajstić information content (AvgIpc) is 3.18. The van der Waals surface area contributed by atoms with Crippen LogP contribution in [0.1, 0.15) is 39.7 Å². The van der Waals surface area contributed by atoms with Crippen LogP contribution in [0, 0.1) is 6.92 Å². The molecule has 1 unspecified atom stereocenters. The fourth-order valence-corrected chi connectivity index (χ4v) is 4.27. The van der Waals surface area contributed by atoms with Crippen molar-refractivity contribution in [2.75, 3.05) is 0 Å². The van der Waals surface area contributed by atoms with Crippen molar-refractivity contribution in [2.45, 2.75) is 57.0 Å². The van der Waals surface area contributed by atoms with Crippen molar-refractivity contribution in [3.05, 3.63) is 64.4 Å². The van der Waals surface area contributed by atoms with Crippen LogP contribution in [0.15, 0.2) is 58.5 Å². The van der Waals surface area contributed by atoms with Gasteiger partial charge in [0.1, 0.15) is 0 Å². The van der Waals surface area contributed by atoms with E-state index in [1.54, 1.807) is 10.6 Å². The molecule has 0 radical (unpaired) electrons. The van der Waals surface area contributed by atoms with Crippen LogP contribution in [-0.4, -0.2) is 35.9 Å². The van der Waals surface area contributed by atoms with Crippen LogP contribution in [0.3, 0.4) is 0 Å². The monoisotopic (exact) mass is 449 g/mol. The topological polar surface area (TPSA) is 81.3 Å². The second-order valence-electron chi connectivity index (χ2n) is 8.60. The predicted octanol–water partition coefficient (Wildman–Crippen LogP) is 4.13. The molecular formula is C24H27N5O2S. The molecular weight excluding hydrogens is 422 g/mol. The van der Waals surface area contributed by atoms with Gasteiger partial charge in [0.15, 0.2) is 5.16 Å². The SMILES string of the molecule is CCC(C)(C)NC(=O)C(C)Sc1nnc2n(-c3ccc(C)cc3)c(=O)c3ccccc3n12. The molecule has 8 heteroatoms. The van der Waals surface area contributed by atoms with E-state index >= 15 is 0 Å². The number of hydrogen-bond acceptors (Lipinski definition) is 5. The van der Waals surface area contributed by atoms with Crippen LogP contribution < -0.4 is 10.9 Å². The van der Waals surface area contributed by atoms with E-state index in [4.69, 9.17) is 0 Å². The molecule has 0 fully saturated rings. The fourth-order valence-electron chi connectivity index (χ4n) is 3.42. The van der Waals surface area contributed by atoms with Crippen LogP contribution >= 0.6 is 11.8 Å². The lowest BCUT2D eigenvalue weighted by molar-refractivity contribution is -0.121. The Balaban J connectivity index is 1.85. The Bertz CT molecular complexity index is 1350. The number of aryl methyl sites for hydroxylation is 1. The summed E-state index contributed by atoms with van der Waals surface area (Å²) in [7, 11) is 0. The molecule has 1 N–H and O–H groups in total. The van der Waals surface area contributed by atoms with Gasteiger partial charge in [-0.3, -0.25) is 14.0 Å². The quantitative estimate of drug-likeness (QED) is 0.448. The molecule has 4 aromatic rings. The Morgan fingerprint density at radius 3 is 2.50 bits per heavy atom.